The van der Waals surface area contributed by atoms with E-state index in [-0.39, 0.29) is 23.0 Å². The molecule has 9 heteroatoms. The first kappa shape index (κ1) is 18.9. The molecule has 0 unspecified atom stereocenters. The molecule has 1 aromatic heterocycles. The van der Waals surface area contributed by atoms with Gasteiger partial charge in [-0.3, -0.25) is 4.79 Å². The summed E-state index contributed by atoms with van der Waals surface area (Å²) in [4.78, 5) is 12.4. The van der Waals surface area contributed by atoms with Crippen molar-refractivity contribution < 1.29 is 22.5 Å². The van der Waals surface area contributed by atoms with Crippen LogP contribution in [0.5, 0.6) is 5.75 Å². The highest BCUT2D eigenvalue weighted by atomic mass is 32.2. The van der Waals surface area contributed by atoms with E-state index in [0.29, 0.717) is 17.0 Å². The lowest BCUT2D eigenvalue weighted by atomic mass is 10.1. The van der Waals surface area contributed by atoms with Crippen LogP contribution in [0.1, 0.15) is 5.69 Å². The van der Waals surface area contributed by atoms with Gasteiger partial charge in [0.2, 0.25) is 15.9 Å². The molecule has 0 spiro atoms. The molecule has 142 valence electrons. The molecular formula is C18H19N3O5S. The first-order chi connectivity index (χ1) is 12.8. The van der Waals surface area contributed by atoms with Crippen LogP contribution in [0.3, 0.4) is 0 Å². The lowest BCUT2D eigenvalue weighted by Gasteiger charge is -2.15. The van der Waals surface area contributed by atoms with Crippen molar-refractivity contribution in [1.82, 2.24) is 9.46 Å². The normalized spacial score (nSPS) is 11.7. The molecule has 3 aromatic rings. The Morgan fingerprint density at radius 2 is 1.96 bits per heavy atom. The number of rotatable bonds is 6. The highest BCUT2D eigenvalue weighted by molar-refractivity contribution is 7.89. The molecule has 0 radical (unpaired) electrons. The molecule has 0 aliphatic carbocycles. The van der Waals surface area contributed by atoms with E-state index in [4.69, 9.17) is 9.26 Å². The number of nitrogens with one attached hydrogen (secondary N) is 1. The molecule has 8 nitrogen and oxygen atoms in total. The quantitative estimate of drug-likeness (QED) is 0.694. The second kappa shape index (κ2) is 7.37. The Morgan fingerprint density at radius 1 is 1.22 bits per heavy atom. The molecule has 0 fully saturated rings. The van der Waals surface area contributed by atoms with Crippen LogP contribution >= 0.6 is 0 Å². The van der Waals surface area contributed by atoms with Gasteiger partial charge in [-0.25, -0.2) is 12.7 Å². The number of benzene rings is 2. The smallest absolute Gasteiger partial charge is 0.246 e. The summed E-state index contributed by atoms with van der Waals surface area (Å²) in [6.07, 6.45) is -0.00118. The molecule has 0 saturated heterocycles. The van der Waals surface area contributed by atoms with Crippen molar-refractivity contribution in [2.24, 2.45) is 0 Å². The first-order valence-corrected chi connectivity index (χ1v) is 9.50. The average Bonchev–Trinajstić information content (AvgIpc) is 3.04. The standard InChI is InChI=1S/C18H19N3O5S/c1-21(2)27(23,24)17-10-12(8-9-16(17)25-3)19-18(22)11-14-13-6-4-5-7-15(13)26-20-14/h4-10H,11H2,1-3H3,(H,19,22). The van der Waals surface area contributed by atoms with E-state index in [1.165, 1.54) is 33.3 Å². The largest absolute Gasteiger partial charge is 0.495 e. The van der Waals surface area contributed by atoms with Crippen LogP contribution in [0.25, 0.3) is 11.0 Å². The van der Waals surface area contributed by atoms with Gasteiger partial charge in [-0.05, 0) is 30.3 Å². The minimum atomic E-state index is -3.73. The minimum Gasteiger partial charge on any atom is -0.495 e. The summed E-state index contributed by atoms with van der Waals surface area (Å²) in [5, 5.41) is 7.38. The van der Waals surface area contributed by atoms with Crippen LogP contribution in [-0.2, 0) is 21.2 Å². The van der Waals surface area contributed by atoms with Crippen LogP contribution < -0.4 is 10.1 Å². The van der Waals surface area contributed by atoms with Crippen LogP contribution in [0.4, 0.5) is 5.69 Å². The number of anilines is 1. The van der Waals surface area contributed by atoms with Crippen molar-refractivity contribution in [1.29, 1.82) is 0 Å². The summed E-state index contributed by atoms with van der Waals surface area (Å²) in [6.45, 7) is 0. The van der Waals surface area contributed by atoms with Crippen molar-refractivity contribution in [3.63, 3.8) is 0 Å². The maximum atomic E-state index is 12.5. The van der Waals surface area contributed by atoms with Gasteiger partial charge >= 0.3 is 0 Å². The number of carbonyl (C=O) groups excluding carboxylic acids is 1. The van der Waals surface area contributed by atoms with E-state index in [0.717, 1.165) is 9.69 Å². The first-order valence-electron chi connectivity index (χ1n) is 8.06. The number of methoxy groups -OCH3 is 1. The number of sulfonamides is 1. The number of hydrogen-bond acceptors (Lipinski definition) is 6. The van der Waals surface area contributed by atoms with Crippen molar-refractivity contribution in [3.05, 3.63) is 48.2 Å². The molecule has 1 heterocycles. The number of ether oxygens (including phenoxy) is 1. The van der Waals surface area contributed by atoms with Crippen molar-refractivity contribution in [3.8, 4) is 5.75 Å². The van der Waals surface area contributed by atoms with Crippen molar-refractivity contribution >= 4 is 32.6 Å². The van der Waals surface area contributed by atoms with Gasteiger partial charge in [-0.2, -0.15) is 0 Å². The van der Waals surface area contributed by atoms with Crippen LogP contribution in [-0.4, -0.2) is 45.0 Å². The van der Waals surface area contributed by atoms with Crippen LogP contribution in [0.15, 0.2) is 51.9 Å². The summed E-state index contributed by atoms with van der Waals surface area (Å²) >= 11 is 0. The average molecular weight is 389 g/mol. The maximum absolute atomic E-state index is 12.5. The predicted molar refractivity (Wildman–Crippen MR) is 100 cm³/mol. The lowest BCUT2D eigenvalue weighted by Crippen LogP contribution is -2.23. The molecule has 0 atom stereocenters. The SMILES string of the molecule is COc1ccc(NC(=O)Cc2noc3ccccc23)cc1S(=O)(=O)N(C)C. The molecule has 2 aromatic carbocycles. The number of nitrogens with zero attached hydrogens (tertiary/aromatic N) is 2. The number of carbonyl (C=O) groups is 1. The number of para-hydroxylation sites is 1. The zero-order valence-corrected chi connectivity index (χ0v) is 15.9. The van der Waals surface area contributed by atoms with Gasteiger partial charge < -0.3 is 14.6 Å². The molecule has 0 bridgehead atoms. The fourth-order valence-electron chi connectivity index (χ4n) is 2.58. The molecule has 0 saturated carbocycles. The van der Waals surface area contributed by atoms with Gasteiger partial charge in [0.15, 0.2) is 5.58 Å². The van der Waals surface area contributed by atoms with E-state index >= 15 is 0 Å². The molecule has 0 aliphatic heterocycles. The lowest BCUT2D eigenvalue weighted by molar-refractivity contribution is -0.115. The Bertz CT molecular complexity index is 1090. The molecule has 0 aliphatic rings. The maximum Gasteiger partial charge on any atom is 0.246 e. The van der Waals surface area contributed by atoms with Gasteiger partial charge in [0.05, 0.1) is 13.5 Å². The van der Waals surface area contributed by atoms with Gasteiger partial charge in [0.1, 0.15) is 16.3 Å². The van der Waals surface area contributed by atoms with Crippen LogP contribution in [0, 0.1) is 0 Å². The summed E-state index contributed by atoms with van der Waals surface area (Å²) in [7, 11) is 0.512. The zero-order chi connectivity index (χ0) is 19.6. The van der Waals surface area contributed by atoms with E-state index in [1.54, 1.807) is 12.1 Å². The monoisotopic (exact) mass is 389 g/mol. The fraction of sp³-hybridized carbons (Fsp3) is 0.222. The molecular weight excluding hydrogens is 370 g/mol. The van der Waals surface area contributed by atoms with Gasteiger partial charge in [-0.15, -0.1) is 0 Å². The number of fused-ring (bicyclic) bond motifs is 1. The second-order valence-electron chi connectivity index (χ2n) is 6.00. The van der Waals surface area contributed by atoms with Crippen molar-refractivity contribution in [2.75, 3.05) is 26.5 Å². The highest BCUT2D eigenvalue weighted by Crippen LogP contribution is 2.29. The van der Waals surface area contributed by atoms with Gasteiger partial charge in [0, 0.05) is 25.2 Å². The Labute approximate surface area is 156 Å². The Kier molecular flexibility index (Phi) is 5.15. The number of amides is 1. The summed E-state index contributed by atoms with van der Waals surface area (Å²) in [6, 6.07) is 11.7. The molecule has 1 amide bonds. The third kappa shape index (κ3) is 3.79. The zero-order valence-electron chi connectivity index (χ0n) is 15.1. The van der Waals surface area contributed by atoms with Crippen LogP contribution in [0.2, 0.25) is 0 Å². The molecule has 27 heavy (non-hydrogen) atoms. The highest BCUT2D eigenvalue weighted by Gasteiger charge is 2.23. The molecule has 3 rings (SSSR count). The van der Waals surface area contributed by atoms with E-state index in [1.807, 2.05) is 18.2 Å². The van der Waals surface area contributed by atoms with E-state index in [2.05, 4.69) is 10.5 Å². The summed E-state index contributed by atoms with van der Waals surface area (Å²) in [5.74, 6) is -0.142. The number of aromatic nitrogens is 1. The minimum absolute atomic E-state index is 0.00118. The van der Waals surface area contributed by atoms with E-state index in [9.17, 15) is 13.2 Å². The van der Waals surface area contributed by atoms with Crippen molar-refractivity contribution in [2.45, 2.75) is 11.3 Å². The Morgan fingerprint density at radius 3 is 2.67 bits per heavy atom. The van der Waals surface area contributed by atoms with Gasteiger partial charge in [-0.1, -0.05) is 17.3 Å². The predicted octanol–water partition coefficient (Wildman–Crippen LogP) is 2.27. The van der Waals surface area contributed by atoms with Gasteiger partial charge in [0.25, 0.3) is 0 Å². The topological polar surface area (TPSA) is 102 Å². The van der Waals surface area contributed by atoms with E-state index < -0.39 is 10.0 Å². The second-order valence-corrected chi connectivity index (χ2v) is 8.12. The summed E-state index contributed by atoms with van der Waals surface area (Å²) in [5.41, 5.74) is 1.45. The third-order valence-corrected chi connectivity index (χ3v) is 5.82. The Hall–Kier alpha value is -2.91. The summed E-state index contributed by atoms with van der Waals surface area (Å²) < 4.78 is 36.3. The Balaban J connectivity index is 1.84. The third-order valence-electron chi connectivity index (χ3n) is 3.99. The molecule has 1 N–H and O–H groups in total. The number of hydrogen-bond donors (Lipinski definition) is 1. The fourth-order valence-corrected chi connectivity index (χ4v) is 3.65.